The van der Waals surface area contributed by atoms with E-state index in [2.05, 4.69) is 120 Å². The third-order valence-corrected chi connectivity index (χ3v) is 25.7. The van der Waals surface area contributed by atoms with Gasteiger partial charge in [0.2, 0.25) is 10.0 Å². The maximum atomic E-state index is 14.5. The fourth-order valence-corrected chi connectivity index (χ4v) is 17.2. The lowest BCUT2D eigenvalue weighted by Gasteiger charge is -2.27. The molecule has 0 spiro atoms. The van der Waals surface area contributed by atoms with Gasteiger partial charge in [0.25, 0.3) is 5.91 Å². The molecule has 2 saturated carbocycles. The number of phenols is 1. The summed E-state index contributed by atoms with van der Waals surface area (Å²) in [7, 11) is -1.46. The highest BCUT2D eigenvalue weighted by Crippen LogP contribution is 2.39. The van der Waals surface area contributed by atoms with E-state index in [0.717, 1.165) is 174 Å². The molecule has 15 rings (SSSR count). The Morgan fingerprint density at radius 1 is 0.431 bits per heavy atom. The van der Waals surface area contributed by atoms with Gasteiger partial charge in [0.1, 0.15) is 66.1 Å². The number of hydrogen-bond donors (Lipinski definition) is 5. The van der Waals surface area contributed by atoms with Crippen molar-refractivity contribution in [3.63, 3.8) is 0 Å². The molecule has 2 aliphatic carbocycles. The molecule has 0 unspecified atom stereocenters. The Labute approximate surface area is 776 Å². The average Bonchev–Trinajstić information content (AvgIpc) is 1.58. The van der Waals surface area contributed by atoms with Gasteiger partial charge in [-0.3, -0.25) is 4.79 Å². The van der Waals surface area contributed by atoms with Gasteiger partial charge in [-0.25, -0.2) is 45.1 Å². The van der Waals surface area contributed by atoms with E-state index in [1.54, 1.807) is 0 Å². The maximum Gasteiger partial charge on any atom is 0.416 e. The fraction of sp³-hybridized carbons (Fsp3) is 0.383. The van der Waals surface area contributed by atoms with Crippen LogP contribution in [0.15, 0.2) is 174 Å². The van der Waals surface area contributed by atoms with Crippen LogP contribution in [0.2, 0.25) is 20.1 Å². The first-order valence-electron chi connectivity index (χ1n) is 41.7. The first-order valence-corrected chi connectivity index (χ1v) is 45.5. The quantitative estimate of drug-likeness (QED) is 0.0331. The summed E-state index contributed by atoms with van der Waals surface area (Å²) in [6, 6.07) is 43.8. The molecule has 5 N–H and O–H groups in total. The topological polar surface area (TPSA) is 254 Å². The molecule has 6 aliphatic rings. The van der Waals surface area contributed by atoms with Crippen LogP contribution in [-0.4, -0.2) is 156 Å². The highest BCUT2D eigenvalue weighted by Gasteiger charge is 2.39. The molecule has 36 heteroatoms. The molecule has 0 bridgehead atoms. The van der Waals surface area contributed by atoms with Gasteiger partial charge in [-0.1, -0.05) is 128 Å². The fourth-order valence-electron chi connectivity index (χ4n) is 14.8. The number of halogens is 15. The van der Waals surface area contributed by atoms with Crippen LogP contribution in [-0.2, 0) is 31.8 Å². The number of amides is 1. The van der Waals surface area contributed by atoms with Crippen LogP contribution in [0.1, 0.15) is 159 Å². The largest absolute Gasteiger partial charge is 0.506 e. The van der Waals surface area contributed by atoms with Crippen molar-refractivity contribution in [3.8, 4) is 23.0 Å². The second kappa shape index (κ2) is 48.5. The van der Waals surface area contributed by atoms with Gasteiger partial charge in [-0.2, -0.15) is 26.3 Å². The predicted molar refractivity (Wildman–Crippen MR) is 485 cm³/mol. The van der Waals surface area contributed by atoms with E-state index in [4.69, 9.17) is 81.0 Å². The molecule has 9 aromatic rings. The zero-order valence-corrected chi connectivity index (χ0v) is 77.0. The number of esters is 2. The molecule has 702 valence electrons. The van der Waals surface area contributed by atoms with Crippen molar-refractivity contribution >= 4 is 119 Å². The lowest BCUT2D eigenvalue weighted by atomic mass is 10.1. The van der Waals surface area contributed by atoms with Crippen molar-refractivity contribution < 1.29 is 116 Å². The molecule has 4 atom stereocenters. The van der Waals surface area contributed by atoms with Crippen LogP contribution in [0.5, 0.6) is 23.0 Å². The van der Waals surface area contributed by atoms with Gasteiger partial charge in [0.15, 0.2) is 0 Å². The number of nitrogens with one attached hydrogen (secondary N) is 1. The molecule has 1 amide bonds. The SMILES string of the molecule is COC(=O)c1cc(Cl)c(O)cc1F.COC(=O)c1cc(Cl)c(OC[C@H]2CCCN2c2ccc(C)cc2)cc1F.Cc1ccc(N2CCC[C@@H]2COc2cc(F)c(C(=O)NS(=O)(=O)C3CC3)cc2Cl)cc1.Cc1ccc(N2CCC[C@@H]2COc2cc(F)c(C(=O)O)cc2Cl)cc1.FC(F)(F)c1ccc(Br)cc1.OCC1CCCC1.OC[C@H]1CCCN1c1ccc(C(F)(F)F)cc1. The van der Waals surface area contributed by atoms with Crippen LogP contribution >= 0.6 is 62.3 Å². The van der Waals surface area contributed by atoms with Gasteiger partial charge in [0, 0.05) is 84.3 Å². The number of aryl methyl sites for hydroxylation is 3. The number of hydrogen-bond acceptors (Lipinski definition) is 18. The molecule has 0 radical (unpaired) electrons. The van der Waals surface area contributed by atoms with Crippen molar-refractivity contribution in [3.05, 3.63) is 268 Å². The van der Waals surface area contributed by atoms with Crippen molar-refractivity contribution in [2.75, 3.05) is 93.0 Å². The third-order valence-electron chi connectivity index (χ3n) is 22.1. The molecule has 4 saturated heterocycles. The normalized spacial score (nSPS) is 17.0. The second-order valence-electron chi connectivity index (χ2n) is 31.5. The molecule has 4 aliphatic heterocycles. The van der Waals surface area contributed by atoms with Crippen molar-refractivity contribution in [1.29, 1.82) is 0 Å². The highest BCUT2D eigenvalue weighted by molar-refractivity contribution is 9.10. The number of benzene rings is 9. The lowest BCUT2D eigenvalue weighted by molar-refractivity contribution is -0.138. The number of carbonyl (C=O) groups is 4. The number of aromatic carboxylic acids is 1. The number of rotatable bonds is 21. The van der Waals surface area contributed by atoms with Crippen LogP contribution in [0.25, 0.3) is 0 Å². The number of sulfonamides is 1. The molecule has 20 nitrogen and oxygen atoms in total. The molecule has 6 fully saturated rings. The summed E-state index contributed by atoms with van der Waals surface area (Å²) in [5.41, 5.74) is 5.10. The second-order valence-corrected chi connectivity index (χ2v) is 36.0. The molecular formula is C94H100BrCl4F10N5O15S. The first-order chi connectivity index (χ1) is 61.7. The molecular weight excluding hydrogens is 1880 g/mol. The summed E-state index contributed by atoms with van der Waals surface area (Å²) in [5, 5.41) is 35.3. The number of nitrogens with zero attached hydrogens (tertiary/aromatic N) is 4. The number of phenolic OH excluding ortho intramolecular Hbond substituents is 1. The van der Waals surface area contributed by atoms with E-state index in [0.29, 0.717) is 49.7 Å². The molecule has 0 aromatic heterocycles. The van der Waals surface area contributed by atoms with Crippen molar-refractivity contribution in [2.24, 2.45) is 5.92 Å². The van der Waals surface area contributed by atoms with Crippen LogP contribution in [0, 0.1) is 50.0 Å². The van der Waals surface area contributed by atoms with Crippen LogP contribution < -0.4 is 38.5 Å². The minimum atomic E-state index is -4.29. The van der Waals surface area contributed by atoms with Crippen molar-refractivity contribution in [2.45, 2.75) is 152 Å². The Bertz CT molecular complexity index is 5390. The van der Waals surface area contributed by atoms with Crippen LogP contribution in [0.3, 0.4) is 0 Å². The van der Waals surface area contributed by atoms with E-state index in [9.17, 15) is 71.5 Å². The number of methoxy groups -OCH3 is 2. The molecule has 4 heterocycles. The van der Waals surface area contributed by atoms with Gasteiger partial charge in [0.05, 0.1) is 104 Å². The number of carboxylic acids is 1. The monoisotopic (exact) mass is 1980 g/mol. The summed E-state index contributed by atoms with van der Waals surface area (Å²) >= 11 is 26.9. The maximum absolute atomic E-state index is 14.5. The Hall–Kier alpha value is -9.93. The minimum absolute atomic E-state index is 0.0340. The summed E-state index contributed by atoms with van der Waals surface area (Å²) in [5.74, 6) is -6.54. The third kappa shape index (κ3) is 30.0. The Morgan fingerprint density at radius 3 is 1.08 bits per heavy atom. The van der Waals surface area contributed by atoms with E-state index in [1.165, 1.54) is 79.8 Å². The summed E-state index contributed by atoms with van der Waals surface area (Å²) in [6.45, 7) is 11.3. The highest BCUT2D eigenvalue weighted by atomic mass is 79.9. The standard InChI is InChI=1S/C22H24ClFN2O4S.C20H21ClFNO3.C19H19ClFNO3.C12H14F3NO.C8H6ClFO3.C7H4BrF3.C6H12O/c1-14-4-6-15(7-5-14)26-10-2-3-16(26)13-30-21-12-20(24)18(11-19(21)23)22(27)25-31(28,29)17-8-9-17;1-13-5-7-14(8-6-13)23-9-3-4-15(23)12-26-19-11-18(22)16(10-17(19)21)20(24)25-2;1-12-4-6-13(7-5-12)22-8-2-3-14(22)11-25-18-10-17(21)15(19(23)24)9-16(18)20;13-12(14,15)9-3-5-10(6-4-9)16-7-1-2-11(16)8-17;1-13-8(12)4-2-5(9)7(11)3-6(4)10;8-6-3-1-5(2-4-6)7(9,10)11;7-5-6-3-1-2-4-6/h4-7,11-12,16-17H,2-3,8-10,13H2,1H3,(H,25,27);5-8,10-11,15H,3-4,9,12H2,1-2H3;4-7,9-10,14H,2-3,8,11H2,1H3,(H,23,24);3-6,11,17H,1-2,7-8H2;2-3,11H,1H3;1-4H;6-7H,1-5H2/t16-;15-;14-;11-;;;/m1111.../s1. The average molecular weight is 1980 g/mol. The van der Waals surface area contributed by atoms with Gasteiger partial charge in [-0.15, -0.1) is 0 Å². The van der Waals surface area contributed by atoms with E-state index < -0.39 is 103 Å². The summed E-state index contributed by atoms with van der Waals surface area (Å²) in [4.78, 5) is 54.4. The number of ether oxygens (including phenoxy) is 5. The summed E-state index contributed by atoms with van der Waals surface area (Å²) < 4.78 is 181. The predicted octanol–water partition coefficient (Wildman–Crippen LogP) is 22.5. The number of aliphatic hydroxyl groups is 2. The van der Waals surface area contributed by atoms with E-state index in [1.807, 2.05) is 23.5 Å². The Balaban J connectivity index is 0.000000178. The molecule has 130 heavy (non-hydrogen) atoms. The zero-order chi connectivity index (χ0) is 94.9. The Morgan fingerprint density at radius 2 is 0.746 bits per heavy atom. The zero-order valence-electron chi connectivity index (χ0n) is 71.5. The van der Waals surface area contributed by atoms with Gasteiger partial charge < -0.3 is 63.7 Å². The van der Waals surface area contributed by atoms with E-state index >= 15 is 0 Å². The number of alkyl halides is 6. The van der Waals surface area contributed by atoms with Gasteiger partial charge in [-0.05, 0) is 213 Å². The summed E-state index contributed by atoms with van der Waals surface area (Å²) in [6.07, 6.45) is 5.58. The van der Waals surface area contributed by atoms with Crippen molar-refractivity contribution in [1.82, 2.24) is 4.72 Å². The number of aromatic hydroxyl groups is 1. The first kappa shape index (κ1) is 104. The lowest BCUT2D eigenvalue weighted by Crippen LogP contribution is -2.34. The number of carboxylic acid groups (broad SMARTS) is 1. The number of carbonyl (C=O) groups excluding carboxylic acids is 3. The smallest absolute Gasteiger partial charge is 0.416 e. The van der Waals surface area contributed by atoms with Gasteiger partial charge >= 0.3 is 30.3 Å². The molecule has 9 aromatic carbocycles. The number of aliphatic hydroxyl groups excluding tert-OH is 2. The van der Waals surface area contributed by atoms with Crippen LogP contribution in [0.4, 0.5) is 66.7 Å². The minimum Gasteiger partial charge on any atom is -0.506 e. The number of anilines is 4. The van der Waals surface area contributed by atoms with E-state index in [-0.39, 0.29) is 79.2 Å². The Kier molecular flexibility index (Phi) is 38.7.